The van der Waals surface area contributed by atoms with Crippen LogP contribution >= 0.6 is 0 Å². The van der Waals surface area contributed by atoms with Crippen molar-refractivity contribution in [2.45, 2.75) is 26.3 Å². The van der Waals surface area contributed by atoms with Gasteiger partial charge in [0.1, 0.15) is 11.0 Å². The van der Waals surface area contributed by atoms with Crippen LogP contribution in [0.5, 0.6) is 0 Å². The molecule has 1 rings (SSSR count). The second kappa shape index (κ2) is 5.98. The summed E-state index contributed by atoms with van der Waals surface area (Å²) in [5, 5.41) is 19.7. The highest BCUT2D eigenvalue weighted by atomic mass is 16.6. The van der Waals surface area contributed by atoms with Crippen molar-refractivity contribution >= 4 is 24.1 Å². The molecule has 8 nitrogen and oxygen atoms in total. The van der Waals surface area contributed by atoms with Crippen LogP contribution in [-0.4, -0.2) is 28.5 Å². The number of aliphatic carboxylic acids is 1. The summed E-state index contributed by atoms with van der Waals surface area (Å²) in [6.07, 6.45) is 0.831. The highest BCUT2D eigenvalue weighted by Crippen LogP contribution is 2.27. The van der Waals surface area contributed by atoms with E-state index in [1.165, 1.54) is 6.07 Å². The van der Waals surface area contributed by atoms with Gasteiger partial charge in [0, 0.05) is 6.07 Å². The Morgan fingerprint density at radius 3 is 2.63 bits per heavy atom. The van der Waals surface area contributed by atoms with Crippen molar-refractivity contribution in [2.24, 2.45) is 5.92 Å². The summed E-state index contributed by atoms with van der Waals surface area (Å²) in [7, 11) is 0. The lowest BCUT2D eigenvalue weighted by Crippen LogP contribution is -2.44. The van der Waals surface area contributed by atoms with Crippen LogP contribution in [0.15, 0.2) is 16.5 Å². The van der Waals surface area contributed by atoms with Crippen LogP contribution in [0.4, 0.5) is 11.8 Å². The van der Waals surface area contributed by atoms with Gasteiger partial charge in [-0.1, -0.05) is 20.3 Å². The molecule has 1 aromatic rings. The number of furan rings is 1. The van der Waals surface area contributed by atoms with Gasteiger partial charge in [-0.3, -0.25) is 19.8 Å². The molecular weight excluding hydrogens is 256 g/mol. The molecule has 0 fully saturated rings. The van der Waals surface area contributed by atoms with E-state index < -0.39 is 22.8 Å². The summed E-state index contributed by atoms with van der Waals surface area (Å²) in [6, 6.07) is 1.14. The Labute approximate surface area is 108 Å². The minimum absolute atomic E-state index is 0.158. The molecule has 2 unspecified atom stereocenters. The predicted octanol–water partition coefficient (Wildman–Crippen LogP) is 1.65. The molecule has 8 heteroatoms. The van der Waals surface area contributed by atoms with Gasteiger partial charge >= 0.3 is 11.9 Å². The van der Waals surface area contributed by atoms with E-state index in [0.717, 1.165) is 11.0 Å². The standard InChI is InChI=1S/C11H14N2O6/c1-3-7(2)10(11(15)16)12(6-14)8-4-5-9(19-8)13(17)18/h4-7,10H,3H2,1-2H3,(H,15,16). The molecule has 1 aromatic heterocycles. The van der Waals surface area contributed by atoms with Crippen LogP contribution in [0.3, 0.4) is 0 Å². The molecule has 0 bridgehead atoms. The minimum Gasteiger partial charge on any atom is -0.480 e. The Kier molecular flexibility index (Phi) is 4.62. The fourth-order valence-electron chi connectivity index (χ4n) is 1.67. The monoisotopic (exact) mass is 270 g/mol. The number of amides is 1. The summed E-state index contributed by atoms with van der Waals surface area (Å²) >= 11 is 0. The molecular formula is C11H14N2O6. The van der Waals surface area contributed by atoms with E-state index >= 15 is 0 Å². The molecule has 1 heterocycles. The molecule has 0 spiro atoms. The number of carbonyl (C=O) groups is 2. The second-order valence-corrected chi connectivity index (χ2v) is 4.05. The van der Waals surface area contributed by atoms with Crippen LogP contribution in [0, 0.1) is 16.0 Å². The summed E-state index contributed by atoms with van der Waals surface area (Å²) in [5.41, 5.74) is 0. The number of rotatable bonds is 7. The summed E-state index contributed by atoms with van der Waals surface area (Å²) in [4.78, 5) is 32.9. The maximum absolute atomic E-state index is 11.2. The van der Waals surface area contributed by atoms with Crippen molar-refractivity contribution in [1.29, 1.82) is 0 Å². The molecule has 0 saturated heterocycles. The third-order valence-electron chi connectivity index (χ3n) is 2.86. The molecule has 104 valence electrons. The number of carboxylic acids is 1. The molecule has 1 amide bonds. The molecule has 0 aromatic carbocycles. The van der Waals surface area contributed by atoms with E-state index in [-0.39, 0.29) is 11.8 Å². The number of nitro groups is 1. The number of carboxylic acid groups (broad SMARTS) is 1. The maximum atomic E-state index is 11.2. The number of carbonyl (C=O) groups excluding carboxylic acids is 1. The van der Waals surface area contributed by atoms with Crippen LogP contribution in [-0.2, 0) is 9.59 Å². The van der Waals surface area contributed by atoms with Crippen LogP contribution < -0.4 is 4.90 Å². The van der Waals surface area contributed by atoms with Crippen LogP contribution in [0.25, 0.3) is 0 Å². The third-order valence-corrected chi connectivity index (χ3v) is 2.86. The normalized spacial score (nSPS) is 13.6. The Morgan fingerprint density at radius 1 is 1.63 bits per heavy atom. The largest absolute Gasteiger partial charge is 0.480 e. The van der Waals surface area contributed by atoms with Crippen LogP contribution in [0.2, 0.25) is 0 Å². The van der Waals surface area contributed by atoms with E-state index in [9.17, 15) is 24.8 Å². The van der Waals surface area contributed by atoms with Gasteiger partial charge in [0.05, 0.1) is 6.07 Å². The molecule has 2 atom stereocenters. The van der Waals surface area contributed by atoms with Crippen molar-refractivity contribution in [2.75, 3.05) is 4.90 Å². The van der Waals surface area contributed by atoms with Gasteiger partial charge in [0.15, 0.2) is 0 Å². The first kappa shape index (κ1) is 14.7. The zero-order valence-corrected chi connectivity index (χ0v) is 10.5. The van der Waals surface area contributed by atoms with E-state index in [2.05, 4.69) is 0 Å². The predicted molar refractivity (Wildman–Crippen MR) is 64.8 cm³/mol. The maximum Gasteiger partial charge on any atom is 0.434 e. The smallest absolute Gasteiger partial charge is 0.434 e. The number of hydrogen-bond acceptors (Lipinski definition) is 5. The van der Waals surface area contributed by atoms with E-state index in [1.807, 2.05) is 0 Å². The van der Waals surface area contributed by atoms with Crippen molar-refractivity contribution in [1.82, 2.24) is 0 Å². The number of nitrogens with zero attached hydrogens (tertiary/aromatic N) is 2. The molecule has 0 aliphatic carbocycles. The number of hydrogen-bond donors (Lipinski definition) is 1. The van der Waals surface area contributed by atoms with Gasteiger partial charge in [0.2, 0.25) is 12.3 Å². The van der Waals surface area contributed by atoms with Gasteiger partial charge in [-0.2, -0.15) is 0 Å². The lowest BCUT2D eigenvalue weighted by atomic mass is 9.98. The van der Waals surface area contributed by atoms with Gasteiger partial charge in [-0.15, -0.1) is 0 Å². The van der Waals surface area contributed by atoms with Gasteiger partial charge in [-0.05, 0) is 5.92 Å². The highest BCUT2D eigenvalue weighted by Gasteiger charge is 2.33. The first-order valence-electron chi connectivity index (χ1n) is 5.63. The fourth-order valence-corrected chi connectivity index (χ4v) is 1.67. The van der Waals surface area contributed by atoms with E-state index in [0.29, 0.717) is 12.8 Å². The molecule has 19 heavy (non-hydrogen) atoms. The topological polar surface area (TPSA) is 114 Å². The molecule has 0 radical (unpaired) electrons. The number of anilines is 1. The highest BCUT2D eigenvalue weighted by molar-refractivity contribution is 5.87. The third kappa shape index (κ3) is 3.09. The Hall–Kier alpha value is -2.38. The van der Waals surface area contributed by atoms with E-state index in [1.54, 1.807) is 13.8 Å². The van der Waals surface area contributed by atoms with Crippen molar-refractivity contribution in [3.8, 4) is 0 Å². The average molecular weight is 270 g/mol. The Morgan fingerprint density at radius 2 is 2.26 bits per heavy atom. The van der Waals surface area contributed by atoms with Gasteiger partial charge < -0.3 is 9.52 Å². The van der Waals surface area contributed by atoms with Crippen LogP contribution in [0.1, 0.15) is 20.3 Å². The zero-order valence-electron chi connectivity index (χ0n) is 10.5. The molecule has 1 N–H and O–H groups in total. The molecule has 0 saturated carbocycles. The lowest BCUT2D eigenvalue weighted by Gasteiger charge is -2.26. The summed E-state index contributed by atoms with van der Waals surface area (Å²) in [6.45, 7) is 3.46. The minimum atomic E-state index is -1.19. The Balaban J connectivity index is 3.12. The SMILES string of the molecule is CCC(C)C(C(=O)O)N(C=O)c1ccc([N+](=O)[O-])o1. The Bertz CT molecular complexity index is 483. The van der Waals surface area contributed by atoms with Crippen molar-refractivity contribution in [3.63, 3.8) is 0 Å². The quantitative estimate of drug-likeness (QED) is 0.457. The first-order valence-corrected chi connectivity index (χ1v) is 5.63. The second-order valence-electron chi connectivity index (χ2n) is 4.05. The van der Waals surface area contributed by atoms with E-state index in [4.69, 9.17) is 4.42 Å². The zero-order chi connectivity index (χ0) is 14.6. The lowest BCUT2D eigenvalue weighted by molar-refractivity contribution is -0.401. The summed E-state index contributed by atoms with van der Waals surface area (Å²) in [5.74, 6) is -2.23. The summed E-state index contributed by atoms with van der Waals surface area (Å²) < 4.78 is 4.86. The first-order chi connectivity index (χ1) is 8.92. The molecule has 0 aliphatic heterocycles. The van der Waals surface area contributed by atoms with Gasteiger partial charge in [-0.25, -0.2) is 4.79 Å². The van der Waals surface area contributed by atoms with Crippen molar-refractivity contribution in [3.05, 3.63) is 22.2 Å². The van der Waals surface area contributed by atoms with Crippen molar-refractivity contribution < 1.29 is 24.0 Å². The molecule has 0 aliphatic rings. The fraction of sp³-hybridized carbons (Fsp3) is 0.455. The van der Waals surface area contributed by atoms with Gasteiger partial charge in [0.25, 0.3) is 0 Å². The average Bonchev–Trinajstić information content (AvgIpc) is 2.83.